The van der Waals surface area contributed by atoms with Crippen molar-refractivity contribution in [1.82, 2.24) is 0 Å². The van der Waals surface area contributed by atoms with Crippen molar-refractivity contribution in [3.05, 3.63) is 82.9 Å². The van der Waals surface area contributed by atoms with Crippen LogP contribution in [0, 0.1) is 27.7 Å². The predicted octanol–water partition coefficient (Wildman–Crippen LogP) is 8.94. The third-order valence-electron chi connectivity index (χ3n) is 4.30. The number of hydrogen-bond acceptors (Lipinski definition) is 0. The molecule has 0 bridgehead atoms. The average molecular weight is 363 g/mol. The molecule has 0 saturated heterocycles. The summed E-state index contributed by atoms with van der Waals surface area (Å²) in [7, 11) is 0. The number of aryl methyl sites for hydroxylation is 4. The summed E-state index contributed by atoms with van der Waals surface area (Å²) in [5.41, 5.74) is 10.5. The van der Waals surface area contributed by atoms with E-state index >= 15 is 0 Å². The van der Waals surface area contributed by atoms with Gasteiger partial charge < -0.3 is 0 Å². The molecule has 0 spiro atoms. The topological polar surface area (TPSA) is 0 Å². The molecule has 0 heterocycles. The van der Waals surface area contributed by atoms with Gasteiger partial charge in [-0.05, 0) is 61.1 Å². The summed E-state index contributed by atoms with van der Waals surface area (Å²) >= 11 is 0. The first-order valence-corrected chi connectivity index (χ1v) is 9.80. The molecule has 0 unspecified atom stereocenters. The molecule has 0 fully saturated rings. The number of hydrogen-bond donors (Lipinski definition) is 0. The third-order valence-corrected chi connectivity index (χ3v) is 4.30. The molecule has 0 N–H and O–H groups in total. The fraction of sp³-hybridized carbons (Fsp3) is 0.333. The Balaban J connectivity index is 0.00000127. The average Bonchev–Trinajstić information content (AvgIpc) is 2.68. The van der Waals surface area contributed by atoms with Gasteiger partial charge in [-0.3, -0.25) is 0 Å². The molecule has 0 heteroatoms. The molecule has 0 aromatic heterocycles. The second-order valence-electron chi connectivity index (χ2n) is 6.21. The Labute approximate surface area is 168 Å². The van der Waals surface area contributed by atoms with Crippen LogP contribution in [0.4, 0.5) is 0 Å². The van der Waals surface area contributed by atoms with Crippen LogP contribution in [0.3, 0.4) is 0 Å². The van der Waals surface area contributed by atoms with E-state index in [9.17, 15) is 0 Å². The summed E-state index contributed by atoms with van der Waals surface area (Å²) in [5, 5.41) is 0. The minimum Gasteiger partial charge on any atom is -0.0776 e. The van der Waals surface area contributed by atoms with Gasteiger partial charge in [0.2, 0.25) is 0 Å². The van der Waals surface area contributed by atoms with Crippen LogP contribution in [0.5, 0.6) is 0 Å². The zero-order valence-electron chi connectivity index (χ0n) is 17.8. The van der Waals surface area contributed by atoms with Crippen molar-refractivity contribution in [2.45, 2.75) is 62.8 Å². The maximum Gasteiger partial charge on any atom is -0.0152 e. The van der Waals surface area contributed by atoms with Crippen LogP contribution < -0.4 is 0 Å². The van der Waals surface area contributed by atoms with Crippen molar-refractivity contribution in [1.29, 1.82) is 0 Å². The molecule has 0 nitrogen and oxygen atoms in total. The van der Waals surface area contributed by atoms with Gasteiger partial charge in [-0.2, -0.15) is 0 Å². The minimum absolute atomic E-state index is 0. The summed E-state index contributed by atoms with van der Waals surface area (Å²) < 4.78 is 0. The molecule has 0 amide bonds. The van der Waals surface area contributed by atoms with Crippen LogP contribution in [0.1, 0.15) is 57.4 Å². The molecule has 0 atom stereocenters. The Kier molecular flexibility index (Phi) is 11.1. The quantitative estimate of drug-likeness (QED) is 0.427. The number of benzene rings is 3. The molecule has 0 aliphatic carbocycles. The first-order valence-electron chi connectivity index (χ1n) is 9.80. The van der Waals surface area contributed by atoms with E-state index in [2.05, 4.69) is 88.4 Å². The predicted molar refractivity (Wildman–Crippen MR) is 126 cm³/mol. The second kappa shape index (κ2) is 12.1. The Morgan fingerprint density at radius 2 is 0.704 bits per heavy atom. The van der Waals surface area contributed by atoms with Crippen LogP contribution >= 0.6 is 0 Å². The van der Waals surface area contributed by atoms with Gasteiger partial charge in [-0.15, -0.1) is 0 Å². The Morgan fingerprint density at radius 1 is 0.444 bits per heavy atom. The lowest BCUT2D eigenvalue weighted by Gasteiger charge is -2.13. The molecule has 3 aromatic rings. The van der Waals surface area contributed by atoms with Crippen molar-refractivity contribution >= 4 is 0 Å². The third kappa shape index (κ3) is 6.40. The largest absolute Gasteiger partial charge is 0.0776 e. The summed E-state index contributed by atoms with van der Waals surface area (Å²) in [6.45, 7) is 16.7. The Hall–Kier alpha value is -2.34. The van der Waals surface area contributed by atoms with E-state index in [-0.39, 0.29) is 7.43 Å². The van der Waals surface area contributed by atoms with E-state index in [0.29, 0.717) is 0 Å². The van der Waals surface area contributed by atoms with Crippen LogP contribution in [-0.4, -0.2) is 0 Å². The van der Waals surface area contributed by atoms with Gasteiger partial charge in [-0.1, -0.05) is 107 Å². The van der Waals surface area contributed by atoms with Gasteiger partial charge in [-0.25, -0.2) is 0 Å². The lowest BCUT2D eigenvalue weighted by Crippen LogP contribution is -1.90. The van der Waals surface area contributed by atoms with E-state index in [1.807, 2.05) is 27.7 Å². The smallest absolute Gasteiger partial charge is 0.0152 e. The van der Waals surface area contributed by atoms with Crippen molar-refractivity contribution < 1.29 is 0 Å². The lowest BCUT2D eigenvalue weighted by molar-refractivity contribution is 1.37. The highest BCUT2D eigenvalue weighted by molar-refractivity contribution is 5.76. The maximum atomic E-state index is 2.31. The first-order chi connectivity index (χ1) is 12.5. The zero-order valence-corrected chi connectivity index (χ0v) is 17.8. The van der Waals surface area contributed by atoms with E-state index < -0.39 is 0 Å². The maximum absolute atomic E-state index is 2.31. The monoisotopic (exact) mass is 362 g/mol. The van der Waals surface area contributed by atoms with Crippen LogP contribution in [-0.2, 0) is 0 Å². The van der Waals surface area contributed by atoms with Gasteiger partial charge in [0, 0.05) is 0 Å². The highest BCUT2D eigenvalue weighted by atomic mass is 14.1. The normalized spacial score (nSPS) is 9.19. The highest BCUT2D eigenvalue weighted by Crippen LogP contribution is 2.32. The first kappa shape index (κ1) is 24.7. The SMILES string of the molecule is C.CC.CC.Cc1ccc(-c2cc(C)c(-c3ccc(C)cc3)cc2C)cc1. The van der Waals surface area contributed by atoms with Crippen molar-refractivity contribution in [3.8, 4) is 22.3 Å². The van der Waals surface area contributed by atoms with Gasteiger partial charge in [0.1, 0.15) is 0 Å². The van der Waals surface area contributed by atoms with E-state index in [1.165, 1.54) is 44.5 Å². The van der Waals surface area contributed by atoms with Crippen molar-refractivity contribution in [2.24, 2.45) is 0 Å². The Morgan fingerprint density at radius 3 is 0.963 bits per heavy atom. The number of rotatable bonds is 2. The molecule has 0 radical (unpaired) electrons. The summed E-state index contributed by atoms with van der Waals surface area (Å²) in [6, 6.07) is 22.2. The standard InChI is InChI=1S/C22H22.2C2H6.CH4/c1-15-5-9-19(10-6-15)21-13-18(4)22(14-17(21)3)20-11-7-16(2)8-12-20;2*1-2;/h5-14H,1-4H3;2*1-2H3;1H4. The van der Waals surface area contributed by atoms with Crippen LogP contribution in [0.25, 0.3) is 22.3 Å². The van der Waals surface area contributed by atoms with Crippen LogP contribution in [0.2, 0.25) is 0 Å². The van der Waals surface area contributed by atoms with Crippen molar-refractivity contribution in [3.63, 3.8) is 0 Å². The molecule has 3 rings (SSSR count). The van der Waals surface area contributed by atoms with E-state index in [4.69, 9.17) is 0 Å². The van der Waals surface area contributed by atoms with Gasteiger partial charge >= 0.3 is 0 Å². The van der Waals surface area contributed by atoms with Gasteiger partial charge in [0.15, 0.2) is 0 Å². The molecule has 0 saturated carbocycles. The molecule has 0 aliphatic heterocycles. The summed E-state index contributed by atoms with van der Waals surface area (Å²) in [4.78, 5) is 0. The lowest BCUT2D eigenvalue weighted by atomic mass is 9.91. The molecular weight excluding hydrogens is 324 g/mol. The molecule has 146 valence electrons. The molecule has 0 aliphatic rings. The fourth-order valence-corrected chi connectivity index (χ4v) is 2.90. The van der Waals surface area contributed by atoms with Gasteiger partial charge in [0.05, 0.1) is 0 Å². The summed E-state index contributed by atoms with van der Waals surface area (Å²) in [5.74, 6) is 0. The molecule has 3 aromatic carbocycles. The highest BCUT2D eigenvalue weighted by Gasteiger charge is 2.08. The summed E-state index contributed by atoms with van der Waals surface area (Å²) in [6.07, 6.45) is 0. The van der Waals surface area contributed by atoms with Gasteiger partial charge in [0.25, 0.3) is 0 Å². The Bertz CT molecular complexity index is 719. The van der Waals surface area contributed by atoms with E-state index in [0.717, 1.165) is 0 Å². The van der Waals surface area contributed by atoms with E-state index in [1.54, 1.807) is 0 Å². The molecular formula is C27H38. The van der Waals surface area contributed by atoms with Crippen molar-refractivity contribution in [2.75, 3.05) is 0 Å². The second-order valence-corrected chi connectivity index (χ2v) is 6.21. The zero-order chi connectivity index (χ0) is 19.7. The minimum atomic E-state index is 0. The van der Waals surface area contributed by atoms with Crippen LogP contribution in [0.15, 0.2) is 60.7 Å². The molecule has 27 heavy (non-hydrogen) atoms. The fourth-order valence-electron chi connectivity index (χ4n) is 2.90.